The smallest absolute Gasteiger partial charge is 0.414 e. The number of thiophene rings is 1. The van der Waals surface area contributed by atoms with E-state index < -0.39 is 20.5 Å². The van der Waals surface area contributed by atoms with Gasteiger partial charge in [0.25, 0.3) is 19.8 Å². The highest BCUT2D eigenvalue weighted by atomic mass is 35.5. The van der Waals surface area contributed by atoms with Crippen LogP contribution in [0.5, 0.6) is 0 Å². The number of carbonyl (C=O) groups is 2. The quantitative estimate of drug-likeness (QED) is 0.144. The number of rotatable bonds is 11. The van der Waals surface area contributed by atoms with Crippen molar-refractivity contribution in [2.45, 2.75) is 45.3 Å². The summed E-state index contributed by atoms with van der Waals surface area (Å²) in [4.78, 5) is 43.6. The first-order valence-corrected chi connectivity index (χ1v) is 19.7. The van der Waals surface area contributed by atoms with Gasteiger partial charge in [0.1, 0.15) is 6.10 Å². The molecule has 2 aromatic heterocycles. The van der Waals surface area contributed by atoms with Gasteiger partial charge in [-0.15, -0.1) is 11.3 Å². The maximum atomic E-state index is 13.4. The number of nitrogens with one attached hydrogen (secondary N) is 2. The molecule has 0 radical (unpaired) electrons. The highest BCUT2D eigenvalue weighted by Crippen LogP contribution is 2.37. The first-order valence-electron chi connectivity index (χ1n) is 16.6. The molecule has 0 spiro atoms. The van der Waals surface area contributed by atoms with Crippen molar-refractivity contribution in [3.63, 3.8) is 0 Å². The molecule has 1 aliphatic rings. The number of cyclic esters (lactones) is 1. The molecule has 3 heterocycles. The van der Waals surface area contributed by atoms with E-state index in [0.717, 1.165) is 16.7 Å². The summed E-state index contributed by atoms with van der Waals surface area (Å²) in [7, 11) is -2.78. The van der Waals surface area contributed by atoms with Gasteiger partial charge in [-0.1, -0.05) is 99.1 Å². The Balaban J connectivity index is 1.21. The topological polar surface area (TPSA) is 101 Å². The number of nitrogens with zero attached hydrogens (tertiary/aromatic N) is 1. The minimum absolute atomic E-state index is 0.158. The van der Waals surface area contributed by atoms with Gasteiger partial charge in [0, 0.05) is 30.5 Å². The molecular weight excluding hydrogens is 686 g/mol. The Labute approximate surface area is 302 Å². The second kappa shape index (κ2) is 14.8. The number of anilines is 1. The lowest BCUT2D eigenvalue weighted by molar-refractivity contribution is 0.0920. The van der Waals surface area contributed by atoms with Gasteiger partial charge in [-0.05, 0) is 69.4 Å². The van der Waals surface area contributed by atoms with Gasteiger partial charge in [0.2, 0.25) is 0 Å². The fourth-order valence-electron chi connectivity index (χ4n) is 6.77. The van der Waals surface area contributed by atoms with Gasteiger partial charge < -0.3 is 19.5 Å². The second-order valence-corrected chi connectivity index (χ2v) is 19.4. The molecule has 0 unspecified atom stereocenters. The van der Waals surface area contributed by atoms with Crippen molar-refractivity contribution in [1.82, 2.24) is 10.3 Å². The van der Waals surface area contributed by atoms with E-state index in [9.17, 15) is 14.4 Å². The van der Waals surface area contributed by atoms with Crippen LogP contribution < -0.4 is 26.1 Å². The molecule has 50 heavy (non-hydrogen) atoms. The SMILES string of the molecule is Cc1cc(N2C[C@H](CNC(=O)c3ccc(Cl)s3)OC2=O)ccc1-c1cc[nH]c(=O)c1CCO[Si](c1ccccc1)(c1ccccc1)C(C)(C)C. The molecule has 3 aromatic carbocycles. The number of hydrogen-bond donors (Lipinski definition) is 2. The fraction of sp³-hybridized carbons (Fsp3) is 0.256. The Morgan fingerprint density at radius 3 is 2.26 bits per heavy atom. The third-order valence-corrected chi connectivity index (χ3v) is 15.4. The predicted molar refractivity (Wildman–Crippen MR) is 204 cm³/mol. The number of halogens is 1. The molecule has 258 valence electrons. The molecule has 0 saturated carbocycles. The van der Waals surface area contributed by atoms with Crippen LogP contribution in [0.1, 0.15) is 41.6 Å². The Kier molecular flexibility index (Phi) is 10.5. The highest BCUT2D eigenvalue weighted by Gasteiger charge is 2.50. The molecule has 0 bridgehead atoms. The molecule has 6 rings (SSSR count). The number of pyridine rings is 1. The Bertz CT molecular complexity index is 2000. The van der Waals surface area contributed by atoms with E-state index in [-0.39, 0.29) is 23.0 Å². The molecule has 11 heteroatoms. The number of aromatic amines is 1. The van der Waals surface area contributed by atoms with Gasteiger partial charge >= 0.3 is 6.09 Å². The number of amides is 2. The summed E-state index contributed by atoms with van der Waals surface area (Å²) in [5.41, 5.74) is 3.78. The van der Waals surface area contributed by atoms with Crippen LogP contribution in [0, 0.1) is 6.92 Å². The van der Waals surface area contributed by atoms with Crippen LogP contribution in [0.4, 0.5) is 10.5 Å². The van der Waals surface area contributed by atoms with Crippen molar-refractivity contribution in [2.75, 3.05) is 24.6 Å². The van der Waals surface area contributed by atoms with E-state index in [1.807, 2.05) is 43.3 Å². The van der Waals surface area contributed by atoms with Crippen molar-refractivity contribution in [1.29, 1.82) is 0 Å². The standard InChI is InChI=1S/C39H40ClN3O5SSi/c1-26-23-27(43-25-28(48-38(43)46)24-42-37(45)34-17-18-35(40)49-34)15-16-31(26)32-19-21-41-36(44)33(32)20-22-47-50(39(2,3)4,29-11-7-5-8-12-29)30-13-9-6-10-14-30/h5-19,21,23,28H,20,22,24-25H2,1-4H3,(H,41,44)(H,42,45)/t28-/m0/s1. The number of aromatic nitrogens is 1. The molecule has 1 aliphatic heterocycles. The van der Waals surface area contributed by atoms with Crippen molar-refractivity contribution in [3.8, 4) is 11.1 Å². The van der Waals surface area contributed by atoms with Crippen LogP contribution in [0.25, 0.3) is 11.1 Å². The zero-order chi connectivity index (χ0) is 35.5. The summed E-state index contributed by atoms with van der Waals surface area (Å²) in [5.74, 6) is -0.262. The zero-order valence-electron chi connectivity index (χ0n) is 28.5. The number of benzene rings is 3. The first kappa shape index (κ1) is 35.3. The summed E-state index contributed by atoms with van der Waals surface area (Å²) in [6.45, 7) is 9.51. The maximum absolute atomic E-state index is 13.4. The number of H-pyrrole nitrogens is 1. The summed E-state index contributed by atoms with van der Waals surface area (Å²) in [6.07, 6.45) is 1.10. The van der Waals surface area contributed by atoms with Crippen LogP contribution >= 0.6 is 22.9 Å². The van der Waals surface area contributed by atoms with Crippen molar-refractivity contribution >= 4 is 59.3 Å². The lowest BCUT2D eigenvalue weighted by Crippen LogP contribution is -2.66. The number of carbonyl (C=O) groups excluding carboxylic acids is 2. The molecule has 2 N–H and O–H groups in total. The molecule has 2 amide bonds. The van der Waals surface area contributed by atoms with E-state index in [1.54, 1.807) is 23.2 Å². The van der Waals surface area contributed by atoms with Crippen LogP contribution in [0.3, 0.4) is 0 Å². The Morgan fingerprint density at radius 2 is 1.66 bits per heavy atom. The first-order chi connectivity index (χ1) is 24.0. The number of aryl methyl sites for hydroxylation is 1. The molecule has 0 aliphatic carbocycles. The molecule has 1 saturated heterocycles. The highest BCUT2D eigenvalue weighted by molar-refractivity contribution is 7.18. The maximum Gasteiger partial charge on any atom is 0.414 e. The molecule has 5 aromatic rings. The largest absolute Gasteiger partial charge is 0.442 e. The lowest BCUT2D eigenvalue weighted by Gasteiger charge is -2.43. The van der Waals surface area contributed by atoms with Crippen LogP contribution in [-0.2, 0) is 15.6 Å². The Hall–Kier alpha value is -4.48. The minimum Gasteiger partial charge on any atom is -0.442 e. The fourth-order valence-corrected chi connectivity index (χ4v) is 12.3. The average molecular weight is 726 g/mol. The van der Waals surface area contributed by atoms with Gasteiger partial charge in [0.15, 0.2) is 0 Å². The number of hydrogen-bond acceptors (Lipinski definition) is 6. The van der Waals surface area contributed by atoms with Crippen molar-refractivity contribution < 1.29 is 18.8 Å². The minimum atomic E-state index is -2.78. The van der Waals surface area contributed by atoms with E-state index in [1.165, 1.54) is 21.7 Å². The third kappa shape index (κ3) is 7.20. The predicted octanol–water partition coefficient (Wildman–Crippen LogP) is 6.94. The normalized spacial score (nSPS) is 14.9. The monoisotopic (exact) mass is 725 g/mol. The molecular formula is C39H40ClN3O5SSi. The number of ether oxygens (including phenoxy) is 1. The Morgan fingerprint density at radius 1 is 0.980 bits per heavy atom. The van der Waals surface area contributed by atoms with E-state index >= 15 is 0 Å². The lowest BCUT2D eigenvalue weighted by atomic mass is 9.95. The van der Waals surface area contributed by atoms with Gasteiger partial charge in [-0.2, -0.15) is 0 Å². The summed E-state index contributed by atoms with van der Waals surface area (Å²) in [6, 6.07) is 31.9. The van der Waals surface area contributed by atoms with Crippen molar-refractivity contribution in [3.05, 3.63) is 134 Å². The van der Waals surface area contributed by atoms with Crippen LogP contribution in [-0.4, -0.2) is 51.1 Å². The molecule has 1 fully saturated rings. The van der Waals surface area contributed by atoms with Crippen molar-refractivity contribution in [2.24, 2.45) is 0 Å². The van der Waals surface area contributed by atoms with Gasteiger partial charge in [0.05, 0.1) is 22.3 Å². The second-order valence-electron chi connectivity index (χ2n) is 13.4. The van der Waals surface area contributed by atoms with Gasteiger partial charge in [-0.25, -0.2) is 4.79 Å². The summed E-state index contributed by atoms with van der Waals surface area (Å²) < 4.78 is 13.2. The zero-order valence-corrected chi connectivity index (χ0v) is 31.1. The van der Waals surface area contributed by atoms with Gasteiger partial charge in [-0.3, -0.25) is 14.5 Å². The van der Waals surface area contributed by atoms with E-state index in [2.05, 4.69) is 79.6 Å². The summed E-state index contributed by atoms with van der Waals surface area (Å²) in [5, 5.41) is 5.00. The summed E-state index contributed by atoms with van der Waals surface area (Å²) >= 11 is 7.15. The molecule has 1 atom stereocenters. The van der Waals surface area contributed by atoms with Crippen LogP contribution in [0.15, 0.2) is 108 Å². The van der Waals surface area contributed by atoms with Crippen LogP contribution in [0.2, 0.25) is 9.37 Å². The molecule has 8 nitrogen and oxygen atoms in total. The average Bonchev–Trinajstić information content (AvgIpc) is 3.71. The third-order valence-electron chi connectivity index (χ3n) is 9.12. The van der Waals surface area contributed by atoms with E-state index in [4.69, 9.17) is 20.8 Å². The van der Waals surface area contributed by atoms with E-state index in [0.29, 0.717) is 40.0 Å².